The van der Waals surface area contributed by atoms with Crippen molar-refractivity contribution in [3.8, 4) is 33.4 Å². The van der Waals surface area contributed by atoms with Gasteiger partial charge < -0.3 is 9.32 Å². The molecule has 0 atom stereocenters. The van der Waals surface area contributed by atoms with Crippen molar-refractivity contribution in [1.29, 1.82) is 0 Å². The molecule has 0 spiro atoms. The molecule has 0 unspecified atom stereocenters. The molecule has 2 aromatic heterocycles. The summed E-state index contributed by atoms with van der Waals surface area (Å²) in [5.74, 6) is 0. The molecule has 2 nitrogen and oxygen atoms in total. The van der Waals surface area contributed by atoms with Crippen LogP contribution in [0.4, 0.5) is 17.1 Å². The quantitative estimate of drug-likeness (QED) is 0.170. The Kier molecular flexibility index (Phi) is 6.68. The first-order valence-corrected chi connectivity index (χ1v) is 19.2. The van der Waals surface area contributed by atoms with E-state index in [-0.39, 0.29) is 12.1 Å². The maximum Gasteiger partial charge on any atom is 0.136 e. The van der Waals surface area contributed by atoms with Crippen LogP contribution in [0, 0.1) is 0 Å². The second-order valence-electron chi connectivity index (χ2n) is 13.8. The normalized spacial score (nSPS) is 12.4. The van der Waals surface area contributed by atoms with E-state index in [1.807, 2.05) is 54.6 Å². The van der Waals surface area contributed by atoms with Crippen LogP contribution < -0.4 is 4.90 Å². The van der Waals surface area contributed by atoms with Crippen molar-refractivity contribution in [1.82, 2.24) is 0 Å². The van der Waals surface area contributed by atoms with Crippen LogP contribution in [0.2, 0.25) is 0 Å². The summed E-state index contributed by atoms with van der Waals surface area (Å²) in [6.45, 7) is 0. The average molecular weight is 723 g/mol. The summed E-state index contributed by atoms with van der Waals surface area (Å²) < 4.78 is 35.4. The van der Waals surface area contributed by atoms with Gasteiger partial charge in [0.15, 0.2) is 0 Å². The summed E-state index contributed by atoms with van der Waals surface area (Å²) in [5.41, 5.74) is 10.3. The van der Waals surface area contributed by atoms with Gasteiger partial charge in [0, 0.05) is 48.0 Å². The summed E-state index contributed by atoms with van der Waals surface area (Å²) in [4.78, 5) is 2.25. The molecule has 0 radical (unpaired) electrons. The molecule has 0 aliphatic carbocycles. The highest BCUT2D eigenvalue weighted by Gasteiger charge is 2.17. The smallest absolute Gasteiger partial charge is 0.136 e. The van der Waals surface area contributed by atoms with E-state index < -0.39 is 0 Å². The molecule has 0 bridgehead atoms. The maximum atomic E-state index is 9.29. The minimum absolute atomic E-state index is 0.0725. The minimum atomic E-state index is 0.0725. The molecule has 3 heteroatoms. The molecular formula is C52H33NOS. The molecule has 258 valence electrons. The molecule has 11 rings (SSSR count). The molecule has 0 amide bonds. The van der Waals surface area contributed by atoms with Crippen molar-refractivity contribution in [3.05, 3.63) is 200 Å². The fourth-order valence-electron chi connectivity index (χ4n) is 7.99. The Hall–Kier alpha value is -6.94. The lowest BCUT2D eigenvalue weighted by Gasteiger charge is -2.26. The first-order valence-electron chi connectivity index (χ1n) is 19.9. The number of fused-ring (bicyclic) bond motifs is 7. The lowest BCUT2D eigenvalue weighted by molar-refractivity contribution is 0.669. The lowest BCUT2D eigenvalue weighted by atomic mass is 9.97. The molecule has 0 saturated heterocycles. The van der Waals surface area contributed by atoms with E-state index >= 15 is 0 Å². The zero-order chi connectivity index (χ0) is 38.9. The van der Waals surface area contributed by atoms with Crippen molar-refractivity contribution < 1.29 is 8.53 Å². The molecule has 0 saturated carbocycles. The molecule has 2 heterocycles. The van der Waals surface area contributed by atoms with E-state index in [0.717, 1.165) is 76.0 Å². The van der Waals surface area contributed by atoms with Gasteiger partial charge in [-0.15, -0.1) is 11.3 Å². The molecular weight excluding hydrogens is 687 g/mol. The first-order chi connectivity index (χ1) is 28.5. The van der Waals surface area contributed by atoms with Crippen molar-refractivity contribution in [2.24, 2.45) is 0 Å². The number of thiophene rings is 1. The fraction of sp³-hybridized carbons (Fsp3) is 0. The lowest BCUT2D eigenvalue weighted by Crippen LogP contribution is -2.10. The fourth-order valence-corrected chi connectivity index (χ4v) is 9.05. The van der Waals surface area contributed by atoms with E-state index in [2.05, 4.69) is 132 Å². The number of anilines is 3. The molecule has 55 heavy (non-hydrogen) atoms. The maximum absolute atomic E-state index is 9.29. The SMILES string of the molecule is [2H]c1c(-c2ccc(N(c3ccc(-c4cccc5ccccc45)cc3)c3cccc(-c4cccc5oc6ccccc6c45)c3)cc2)c([2H])c2sc3ccccc3c2c1[2H]. The Morgan fingerprint density at radius 1 is 0.418 bits per heavy atom. The van der Waals surface area contributed by atoms with E-state index in [9.17, 15) is 1.37 Å². The number of benzene rings is 9. The standard InChI is InChI=1S/C52H33NOS/c1-2-14-42-35(10-1)11-8-17-43(42)36-24-29-40(30-25-36)53(39-27-22-34(23-28-39)37-26-31-46-45-15-4-6-21-50(45)55-51(46)33-37)41-13-7-12-38(32-41)44-18-9-20-49-52(44)47-16-3-5-19-48(47)54-49/h1-33H/i26D,31D,33D. The zero-order valence-electron chi connectivity index (χ0n) is 32.6. The highest BCUT2D eigenvalue weighted by atomic mass is 32.1. The van der Waals surface area contributed by atoms with E-state index in [1.54, 1.807) is 0 Å². The third kappa shape index (κ3) is 5.40. The Morgan fingerprint density at radius 3 is 1.93 bits per heavy atom. The van der Waals surface area contributed by atoms with E-state index in [1.165, 1.54) is 27.7 Å². The van der Waals surface area contributed by atoms with Gasteiger partial charge in [-0.2, -0.15) is 0 Å². The van der Waals surface area contributed by atoms with Gasteiger partial charge in [0.1, 0.15) is 11.2 Å². The van der Waals surface area contributed by atoms with Gasteiger partial charge >= 0.3 is 0 Å². The topological polar surface area (TPSA) is 16.4 Å². The van der Waals surface area contributed by atoms with Gasteiger partial charge in [-0.3, -0.25) is 0 Å². The molecule has 0 fully saturated rings. The number of nitrogens with zero attached hydrogens (tertiary/aromatic N) is 1. The summed E-state index contributed by atoms with van der Waals surface area (Å²) in [5, 5.41) is 6.21. The van der Waals surface area contributed by atoms with Crippen LogP contribution in [0.15, 0.2) is 205 Å². The monoisotopic (exact) mass is 722 g/mol. The van der Waals surface area contributed by atoms with Crippen LogP contribution in [-0.4, -0.2) is 0 Å². The van der Waals surface area contributed by atoms with Gasteiger partial charge in [0.2, 0.25) is 0 Å². The van der Waals surface area contributed by atoms with E-state index in [4.69, 9.17) is 7.16 Å². The van der Waals surface area contributed by atoms with Crippen LogP contribution in [0.5, 0.6) is 0 Å². The second-order valence-corrected chi connectivity index (χ2v) is 14.9. The van der Waals surface area contributed by atoms with Crippen LogP contribution in [-0.2, 0) is 0 Å². The summed E-state index contributed by atoms with van der Waals surface area (Å²) in [7, 11) is 0. The Bertz CT molecular complexity index is 3380. The third-order valence-corrected chi connectivity index (χ3v) is 11.7. The van der Waals surface area contributed by atoms with E-state index in [0.29, 0.717) is 17.0 Å². The zero-order valence-corrected chi connectivity index (χ0v) is 30.4. The number of hydrogen-bond acceptors (Lipinski definition) is 3. The van der Waals surface area contributed by atoms with Gasteiger partial charge in [-0.25, -0.2) is 0 Å². The Balaban J connectivity index is 1.05. The van der Waals surface area contributed by atoms with Gasteiger partial charge in [-0.1, -0.05) is 139 Å². The van der Waals surface area contributed by atoms with Crippen LogP contribution in [0.25, 0.3) is 86.3 Å². The number of furan rings is 1. The van der Waals surface area contributed by atoms with Crippen molar-refractivity contribution in [3.63, 3.8) is 0 Å². The predicted octanol–water partition coefficient (Wildman–Crippen LogP) is 15.6. The first kappa shape index (κ1) is 28.5. The summed E-state index contributed by atoms with van der Waals surface area (Å²) in [6.07, 6.45) is 0. The highest BCUT2D eigenvalue weighted by molar-refractivity contribution is 7.25. The van der Waals surface area contributed by atoms with Crippen molar-refractivity contribution in [2.75, 3.05) is 4.90 Å². The number of para-hydroxylation sites is 1. The number of rotatable bonds is 6. The minimum Gasteiger partial charge on any atom is -0.456 e. The van der Waals surface area contributed by atoms with Crippen molar-refractivity contribution in [2.45, 2.75) is 0 Å². The predicted molar refractivity (Wildman–Crippen MR) is 235 cm³/mol. The van der Waals surface area contributed by atoms with Crippen molar-refractivity contribution >= 4 is 81.3 Å². The second kappa shape index (κ2) is 12.9. The molecule has 0 N–H and O–H groups in total. The third-order valence-electron chi connectivity index (χ3n) is 10.6. The van der Waals surface area contributed by atoms with Crippen LogP contribution in [0.3, 0.4) is 0 Å². The molecule has 9 aromatic carbocycles. The molecule has 0 aliphatic heterocycles. The highest BCUT2D eigenvalue weighted by Crippen LogP contribution is 2.42. The Labute approximate surface area is 327 Å². The van der Waals surface area contributed by atoms with Gasteiger partial charge in [-0.05, 0) is 105 Å². The van der Waals surface area contributed by atoms with Crippen LogP contribution >= 0.6 is 11.3 Å². The van der Waals surface area contributed by atoms with Crippen LogP contribution in [0.1, 0.15) is 4.11 Å². The van der Waals surface area contributed by atoms with Gasteiger partial charge in [0.25, 0.3) is 0 Å². The summed E-state index contributed by atoms with van der Waals surface area (Å²) in [6, 6.07) is 63.2. The molecule has 11 aromatic rings. The Morgan fingerprint density at radius 2 is 1.07 bits per heavy atom. The average Bonchev–Trinajstić information content (AvgIpc) is 3.86. The largest absolute Gasteiger partial charge is 0.456 e. The molecule has 0 aliphatic rings. The van der Waals surface area contributed by atoms with Gasteiger partial charge in [0.05, 0.1) is 4.11 Å². The summed E-state index contributed by atoms with van der Waals surface area (Å²) >= 11 is 1.52. The number of hydrogen-bond donors (Lipinski definition) is 0.